The van der Waals surface area contributed by atoms with E-state index in [-0.39, 0.29) is 17.8 Å². The van der Waals surface area contributed by atoms with Crippen LogP contribution >= 0.6 is 0 Å². The van der Waals surface area contributed by atoms with Gasteiger partial charge in [-0.1, -0.05) is 6.08 Å². The minimum Gasteiger partial charge on any atom is -0.349 e. The SMILES string of the molecule is C=CC[C@H]1C(=O)C=C[C@H]2O[C@](C)(OC)[C@@](C)(OC)O[C@@H]21. The summed E-state index contributed by atoms with van der Waals surface area (Å²) in [6.45, 7) is 7.21. The molecule has 5 atom stereocenters. The van der Waals surface area contributed by atoms with Gasteiger partial charge in [0.15, 0.2) is 5.78 Å². The zero-order valence-corrected chi connectivity index (χ0v) is 12.4. The molecular formula is C15H22O5. The molecule has 0 aromatic carbocycles. The summed E-state index contributed by atoms with van der Waals surface area (Å²) in [5.74, 6) is -2.42. The Kier molecular flexibility index (Phi) is 4.16. The molecule has 1 heterocycles. The highest BCUT2D eigenvalue weighted by Crippen LogP contribution is 2.43. The van der Waals surface area contributed by atoms with Crippen LogP contribution < -0.4 is 0 Å². The van der Waals surface area contributed by atoms with Gasteiger partial charge in [-0.2, -0.15) is 0 Å². The highest BCUT2D eigenvalue weighted by Gasteiger charge is 2.58. The molecule has 0 aromatic heterocycles. The lowest BCUT2D eigenvalue weighted by Gasteiger charge is -2.53. The van der Waals surface area contributed by atoms with Gasteiger partial charge >= 0.3 is 0 Å². The fourth-order valence-corrected chi connectivity index (χ4v) is 2.70. The number of rotatable bonds is 4. The molecule has 0 N–H and O–H groups in total. The Morgan fingerprint density at radius 1 is 1.30 bits per heavy atom. The third kappa shape index (κ3) is 2.24. The number of ether oxygens (including phenoxy) is 4. The zero-order chi connectivity index (χ0) is 15.0. The van der Waals surface area contributed by atoms with Gasteiger partial charge in [0.1, 0.15) is 12.2 Å². The molecule has 20 heavy (non-hydrogen) atoms. The van der Waals surface area contributed by atoms with Gasteiger partial charge in [-0.3, -0.25) is 4.79 Å². The molecule has 0 aromatic rings. The van der Waals surface area contributed by atoms with Crippen molar-refractivity contribution >= 4 is 5.78 Å². The monoisotopic (exact) mass is 282 g/mol. The van der Waals surface area contributed by atoms with Crippen molar-refractivity contribution in [2.75, 3.05) is 14.2 Å². The van der Waals surface area contributed by atoms with E-state index < -0.39 is 17.7 Å². The summed E-state index contributed by atoms with van der Waals surface area (Å²) in [5, 5.41) is 0. The van der Waals surface area contributed by atoms with Crippen molar-refractivity contribution in [2.45, 2.75) is 44.1 Å². The Hall–Kier alpha value is -1.01. The fourth-order valence-electron chi connectivity index (χ4n) is 2.70. The smallest absolute Gasteiger partial charge is 0.220 e. The predicted octanol–water partition coefficient (Wildman–Crippen LogP) is 1.83. The first-order valence-corrected chi connectivity index (χ1v) is 6.69. The van der Waals surface area contributed by atoms with Gasteiger partial charge in [-0.15, -0.1) is 6.58 Å². The molecule has 0 spiro atoms. The molecule has 0 bridgehead atoms. The lowest BCUT2D eigenvalue weighted by molar-refractivity contribution is -0.445. The van der Waals surface area contributed by atoms with Crippen molar-refractivity contribution < 1.29 is 23.7 Å². The standard InChI is InChI=1S/C15H22O5/c1-6-7-10-11(16)8-9-12-13(10)20-15(3,18-5)14(2,17-4)19-12/h6,8-10,12-13H,1,7H2,2-5H3/t10-,12+,13+,14-,15-/m0/s1. The zero-order valence-electron chi connectivity index (χ0n) is 12.4. The molecule has 1 aliphatic heterocycles. The normalized spacial score (nSPS) is 44.2. The van der Waals surface area contributed by atoms with E-state index in [4.69, 9.17) is 18.9 Å². The van der Waals surface area contributed by atoms with Crippen molar-refractivity contribution in [1.82, 2.24) is 0 Å². The van der Waals surface area contributed by atoms with Gasteiger partial charge in [-0.05, 0) is 32.4 Å². The fraction of sp³-hybridized carbons (Fsp3) is 0.667. The molecule has 1 fully saturated rings. The maximum atomic E-state index is 12.0. The van der Waals surface area contributed by atoms with Crippen LogP contribution in [0.5, 0.6) is 0 Å². The van der Waals surface area contributed by atoms with Gasteiger partial charge in [0.05, 0.1) is 5.92 Å². The molecule has 112 valence electrons. The van der Waals surface area contributed by atoms with E-state index in [1.165, 1.54) is 7.11 Å². The number of hydrogen-bond donors (Lipinski definition) is 0. The number of carbonyl (C=O) groups is 1. The topological polar surface area (TPSA) is 54.0 Å². The number of methoxy groups -OCH3 is 2. The van der Waals surface area contributed by atoms with E-state index in [0.717, 1.165) is 0 Å². The van der Waals surface area contributed by atoms with Crippen LogP contribution in [0.4, 0.5) is 0 Å². The summed E-state index contributed by atoms with van der Waals surface area (Å²) < 4.78 is 23.0. The Morgan fingerprint density at radius 2 is 1.90 bits per heavy atom. The maximum Gasteiger partial charge on any atom is 0.220 e. The van der Waals surface area contributed by atoms with E-state index in [1.54, 1.807) is 39.2 Å². The molecule has 0 radical (unpaired) electrons. The average molecular weight is 282 g/mol. The Labute approximate surface area is 119 Å². The maximum absolute atomic E-state index is 12.0. The van der Waals surface area contributed by atoms with Gasteiger partial charge in [0.2, 0.25) is 11.6 Å². The van der Waals surface area contributed by atoms with Crippen molar-refractivity contribution in [3.8, 4) is 0 Å². The first-order valence-electron chi connectivity index (χ1n) is 6.69. The van der Waals surface area contributed by atoms with Crippen molar-refractivity contribution in [1.29, 1.82) is 0 Å². The van der Waals surface area contributed by atoms with Crippen LogP contribution in [0, 0.1) is 5.92 Å². The lowest BCUT2D eigenvalue weighted by atomic mass is 9.84. The third-order valence-corrected chi connectivity index (χ3v) is 4.28. The third-order valence-electron chi connectivity index (χ3n) is 4.28. The molecule has 0 amide bonds. The van der Waals surface area contributed by atoms with E-state index in [1.807, 2.05) is 0 Å². The van der Waals surface area contributed by atoms with Crippen LogP contribution in [0.15, 0.2) is 24.8 Å². The summed E-state index contributed by atoms with van der Waals surface area (Å²) in [6.07, 6.45) is 4.78. The first kappa shape index (κ1) is 15.4. The molecule has 0 saturated carbocycles. The average Bonchev–Trinajstić information content (AvgIpc) is 2.44. The van der Waals surface area contributed by atoms with Crippen LogP contribution in [0.2, 0.25) is 0 Å². The summed E-state index contributed by atoms with van der Waals surface area (Å²) in [5.41, 5.74) is 0. The molecule has 1 aliphatic carbocycles. The summed E-state index contributed by atoms with van der Waals surface area (Å²) in [4.78, 5) is 12.0. The van der Waals surface area contributed by atoms with E-state index >= 15 is 0 Å². The van der Waals surface area contributed by atoms with Crippen LogP contribution in [-0.2, 0) is 23.7 Å². The van der Waals surface area contributed by atoms with Gasteiger partial charge in [-0.25, -0.2) is 0 Å². The number of fused-ring (bicyclic) bond motifs is 1. The molecular weight excluding hydrogens is 260 g/mol. The number of carbonyl (C=O) groups excluding carboxylic acids is 1. The molecule has 1 saturated heterocycles. The van der Waals surface area contributed by atoms with Crippen LogP contribution in [-0.4, -0.2) is 43.8 Å². The number of hydrogen-bond acceptors (Lipinski definition) is 5. The van der Waals surface area contributed by atoms with E-state index in [0.29, 0.717) is 6.42 Å². The largest absolute Gasteiger partial charge is 0.349 e. The molecule has 2 aliphatic rings. The Morgan fingerprint density at radius 3 is 2.45 bits per heavy atom. The summed E-state index contributed by atoms with van der Waals surface area (Å²) in [7, 11) is 3.07. The lowest BCUT2D eigenvalue weighted by Crippen LogP contribution is -2.67. The van der Waals surface area contributed by atoms with E-state index in [9.17, 15) is 4.79 Å². The number of allylic oxidation sites excluding steroid dienone is 2. The van der Waals surface area contributed by atoms with Crippen molar-refractivity contribution in [3.05, 3.63) is 24.8 Å². The van der Waals surface area contributed by atoms with Crippen molar-refractivity contribution in [2.24, 2.45) is 5.92 Å². The summed E-state index contributed by atoms with van der Waals surface area (Å²) >= 11 is 0. The quantitative estimate of drug-likeness (QED) is 0.736. The predicted molar refractivity (Wildman–Crippen MR) is 73.0 cm³/mol. The molecule has 5 nitrogen and oxygen atoms in total. The summed E-state index contributed by atoms with van der Waals surface area (Å²) in [6, 6.07) is 0. The van der Waals surface area contributed by atoms with Crippen molar-refractivity contribution in [3.63, 3.8) is 0 Å². The highest BCUT2D eigenvalue weighted by atomic mass is 16.8. The second-order valence-electron chi connectivity index (χ2n) is 5.36. The van der Waals surface area contributed by atoms with Crippen LogP contribution in [0.3, 0.4) is 0 Å². The second kappa shape index (κ2) is 5.41. The number of ketones is 1. The first-order chi connectivity index (χ1) is 9.40. The Balaban J connectivity index is 2.35. The minimum absolute atomic E-state index is 0.0224. The molecule has 0 unspecified atom stereocenters. The second-order valence-corrected chi connectivity index (χ2v) is 5.36. The van der Waals surface area contributed by atoms with Crippen LogP contribution in [0.1, 0.15) is 20.3 Å². The minimum atomic E-state index is -1.09. The van der Waals surface area contributed by atoms with Gasteiger partial charge in [0.25, 0.3) is 0 Å². The molecule has 5 heteroatoms. The molecule has 2 rings (SSSR count). The highest BCUT2D eigenvalue weighted by molar-refractivity contribution is 5.93. The van der Waals surface area contributed by atoms with Crippen LogP contribution in [0.25, 0.3) is 0 Å². The Bertz CT molecular complexity index is 432. The van der Waals surface area contributed by atoms with E-state index in [2.05, 4.69) is 6.58 Å². The van der Waals surface area contributed by atoms with Gasteiger partial charge < -0.3 is 18.9 Å². The van der Waals surface area contributed by atoms with Gasteiger partial charge in [0, 0.05) is 14.2 Å².